The van der Waals surface area contributed by atoms with Crippen LogP contribution in [0.15, 0.2) is 54.6 Å². The van der Waals surface area contributed by atoms with Crippen molar-refractivity contribution in [3.63, 3.8) is 0 Å². The number of carboxylic acids is 2. The maximum atomic E-state index is 12.4. The van der Waals surface area contributed by atoms with Crippen LogP contribution in [0.3, 0.4) is 0 Å². The lowest BCUT2D eigenvalue weighted by Gasteiger charge is -2.13. The summed E-state index contributed by atoms with van der Waals surface area (Å²) in [5, 5.41) is 17.1. The highest BCUT2D eigenvalue weighted by Gasteiger charge is 2.26. The molecular weight excluding hydrogens is 304 g/mol. The fourth-order valence-corrected chi connectivity index (χ4v) is 3.44. The molecule has 0 aliphatic heterocycles. The summed E-state index contributed by atoms with van der Waals surface area (Å²) >= 11 is 0. The van der Waals surface area contributed by atoms with Crippen LogP contribution in [0.4, 0.5) is 0 Å². The third kappa shape index (κ3) is 3.79. The molecule has 0 aliphatic rings. The van der Waals surface area contributed by atoms with Gasteiger partial charge in [-0.05, 0) is 23.3 Å². The smallest absolute Gasteiger partial charge is 0.335 e. The summed E-state index contributed by atoms with van der Waals surface area (Å²) in [6.45, 7) is 0. The van der Waals surface area contributed by atoms with Gasteiger partial charge < -0.3 is 10.2 Å². The van der Waals surface area contributed by atoms with Crippen LogP contribution in [0.25, 0.3) is 0 Å². The highest BCUT2D eigenvalue weighted by atomic mass is 32.2. The first-order valence-corrected chi connectivity index (χ1v) is 7.84. The lowest BCUT2D eigenvalue weighted by Crippen LogP contribution is -2.18. The van der Waals surface area contributed by atoms with Crippen LogP contribution < -0.4 is 0 Å². The average molecular weight is 318 g/mol. The van der Waals surface area contributed by atoms with Crippen molar-refractivity contribution in [3.05, 3.63) is 71.3 Å². The maximum Gasteiger partial charge on any atom is 0.335 e. The Morgan fingerprint density at radius 1 is 1.00 bits per heavy atom. The second-order valence-corrected chi connectivity index (χ2v) is 6.18. The summed E-state index contributed by atoms with van der Waals surface area (Å²) in [7, 11) is -1.70. The van der Waals surface area contributed by atoms with E-state index in [0.29, 0.717) is 11.1 Å². The Morgan fingerprint density at radius 3 is 2.27 bits per heavy atom. The largest absolute Gasteiger partial charge is 0.480 e. The Kier molecular flexibility index (Phi) is 5.06. The highest BCUT2D eigenvalue weighted by molar-refractivity contribution is 7.85. The normalized spacial score (nSPS) is 13.3. The van der Waals surface area contributed by atoms with E-state index < -0.39 is 28.0 Å². The summed E-state index contributed by atoms with van der Waals surface area (Å²) in [6, 6.07) is 14.4. The first-order valence-electron chi connectivity index (χ1n) is 6.46. The Hall–Kier alpha value is -2.47. The molecule has 0 amide bonds. The Balaban J connectivity index is 2.24. The molecule has 0 spiro atoms. The predicted octanol–water partition coefficient (Wildman–Crippen LogP) is 2.46. The molecule has 6 heteroatoms. The number of hydrogen-bond acceptors (Lipinski definition) is 3. The van der Waals surface area contributed by atoms with Crippen molar-refractivity contribution in [1.29, 1.82) is 0 Å². The zero-order valence-corrected chi connectivity index (χ0v) is 12.3. The number of benzene rings is 2. The second-order valence-electron chi connectivity index (χ2n) is 4.66. The van der Waals surface area contributed by atoms with Gasteiger partial charge in [-0.2, -0.15) is 0 Å². The van der Waals surface area contributed by atoms with Gasteiger partial charge in [-0.3, -0.25) is 9.00 Å². The fourth-order valence-electron chi connectivity index (χ4n) is 2.08. The van der Waals surface area contributed by atoms with E-state index in [0.717, 1.165) is 0 Å². The van der Waals surface area contributed by atoms with Gasteiger partial charge in [0.1, 0.15) is 0 Å². The molecule has 2 aromatic rings. The Bertz CT molecular complexity index is 711. The average Bonchev–Trinajstić information content (AvgIpc) is 2.48. The number of hydrogen-bond donors (Lipinski definition) is 2. The van der Waals surface area contributed by atoms with Crippen LogP contribution in [0.2, 0.25) is 0 Å². The predicted molar refractivity (Wildman–Crippen MR) is 82.1 cm³/mol. The zero-order chi connectivity index (χ0) is 16.1. The molecule has 2 aromatic carbocycles. The molecule has 2 N–H and O–H groups in total. The number of carbonyl (C=O) groups is 2. The maximum absolute atomic E-state index is 12.4. The molecule has 2 unspecified atom stereocenters. The van der Waals surface area contributed by atoms with Gasteiger partial charge in [0.15, 0.2) is 5.25 Å². The molecule has 114 valence electrons. The lowest BCUT2D eigenvalue weighted by molar-refractivity contribution is -0.136. The monoisotopic (exact) mass is 318 g/mol. The van der Waals surface area contributed by atoms with Crippen molar-refractivity contribution < 1.29 is 24.0 Å². The Morgan fingerprint density at radius 2 is 1.68 bits per heavy atom. The summed E-state index contributed by atoms with van der Waals surface area (Å²) in [5.41, 5.74) is 1.07. The minimum absolute atomic E-state index is 0.0209. The fraction of sp³-hybridized carbons (Fsp3) is 0.125. The van der Waals surface area contributed by atoms with Gasteiger partial charge in [0.05, 0.1) is 5.56 Å². The van der Waals surface area contributed by atoms with Crippen LogP contribution in [0.5, 0.6) is 0 Å². The van der Waals surface area contributed by atoms with Gasteiger partial charge in [-0.1, -0.05) is 42.5 Å². The van der Waals surface area contributed by atoms with Crippen LogP contribution in [-0.2, 0) is 21.3 Å². The topological polar surface area (TPSA) is 91.7 Å². The molecule has 5 nitrogen and oxygen atoms in total. The van der Waals surface area contributed by atoms with Gasteiger partial charge in [0.25, 0.3) is 0 Å². The zero-order valence-electron chi connectivity index (χ0n) is 11.5. The van der Waals surface area contributed by atoms with Crippen molar-refractivity contribution >= 4 is 22.7 Å². The van der Waals surface area contributed by atoms with E-state index in [-0.39, 0.29) is 11.3 Å². The highest BCUT2D eigenvalue weighted by Crippen LogP contribution is 2.23. The van der Waals surface area contributed by atoms with Gasteiger partial charge in [0, 0.05) is 16.6 Å². The molecule has 2 atom stereocenters. The Labute approximate surface area is 129 Å². The molecule has 0 saturated heterocycles. The number of rotatable bonds is 6. The van der Waals surface area contributed by atoms with Crippen molar-refractivity contribution in [1.82, 2.24) is 0 Å². The molecule has 0 aliphatic carbocycles. The molecule has 0 heterocycles. The van der Waals surface area contributed by atoms with E-state index in [1.54, 1.807) is 42.5 Å². The summed E-state index contributed by atoms with van der Waals surface area (Å²) < 4.78 is 12.4. The molecule has 0 bridgehead atoms. The summed E-state index contributed by atoms with van der Waals surface area (Å²) in [4.78, 5) is 22.4. The molecule has 0 radical (unpaired) electrons. The van der Waals surface area contributed by atoms with Gasteiger partial charge in [0.2, 0.25) is 0 Å². The summed E-state index contributed by atoms with van der Waals surface area (Å²) in [5.74, 6) is -2.27. The van der Waals surface area contributed by atoms with Crippen molar-refractivity contribution in [3.8, 4) is 0 Å². The van der Waals surface area contributed by atoms with Crippen LogP contribution >= 0.6 is 0 Å². The van der Waals surface area contributed by atoms with E-state index in [1.807, 2.05) is 0 Å². The van der Waals surface area contributed by atoms with E-state index in [9.17, 15) is 18.9 Å². The second kappa shape index (κ2) is 7.00. The molecule has 2 rings (SSSR count). The van der Waals surface area contributed by atoms with Crippen molar-refractivity contribution in [2.75, 3.05) is 0 Å². The molecule has 0 aromatic heterocycles. The number of aromatic carboxylic acids is 1. The van der Waals surface area contributed by atoms with E-state index >= 15 is 0 Å². The lowest BCUT2D eigenvalue weighted by atomic mass is 10.1. The van der Waals surface area contributed by atoms with E-state index in [2.05, 4.69) is 0 Å². The van der Waals surface area contributed by atoms with Crippen molar-refractivity contribution in [2.45, 2.75) is 11.0 Å². The van der Waals surface area contributed by atoms with E-state index in [1.165, 1.54) is 12.1 Å². The van der Waals surface area contributed by atoms with Crippen LogP contribution in [0.1, 0.15) is 26.7 Å². The van der Waals surface area contributed by atoms with Gasteiger partial charge >= 0.3 is 11.9 Å². The molecular formula is C16H14O5S. The third-order valence-electron chi connectivity index (χ3n) is 3.07. The van der Waals surface area contributed by atoms with E-state index in [4.69, 9.17) is 5.11 Å². The van der Waals surface area contributed by atoms with Crippen LogP contribution in [0, 0.1) is 0 Å². The third-order valence-corrected chi connectivity index (χ3v) is 4.69. The molecule has 22 heavy (non-hydrogen) atoms. The van der Waals surface area contributed by atoms with Crippen LogP contribution in [-0.4, -0.2) is 26.4 Å². The standard InChI is InChI=1S/C16H14O5S/c17-15(18)13-8-4-5-11(9-13)10-22(21)14(16(19)20)12-6-2-1-3-7-12/h1-9,14H,10H2,(H,17,18)(H,19,20). The molecule has 0 saturated carbocycles. The number of carboxylic acid groups (broad SMARTS) is 2. The van der Waals surface area contributed by atoms with Gasteiger partial charge in [-0.15, -0.1) is 0 Å². The first-order chi connectivity index (χ1) is 10.5. The quantitative estimate of drug-likeness (QED) is 0.853. The molecule has 0 fully saturated rings. The van der Waals surface area contributed by atoms with Gasteiger partial charge in [-0.25, -0.2) is 4.79 Å². The minimum Gasteiger partial charge on any atom is -0.480 e. The minimum atomic E-state index is -1.70. The number of aliphatic carboxylic acids is 1. The SMILES string of the molecule is O=C(O)c1cccc(CS(=O)C(C(=O)O)c2ccccc2)c1. The first kappa shape index (κ1) is 15.9. The summed E-state index contributed by atoms with van der Waals surface area (Å²) in [6.07, 6.45) is 0. The van der Waals surface area contributed by atoms with Crippen molar-refractivity contribution in [2.24, 2.45) is 0 Å².